The molecule has 11 nitrogen and oxygen atoms in total. The summed E-state index contributed by atoms with van der Waals surface area (Å²) in [5.41, 5.74) is 0. The Morgan fingerprint density at radius 3 is 1.51 bits per heavy atom. The Hall–Kier alpha value is -1.78. The topological polar surface area (TPSA) is 169 Å². The number of carbonyl (C=O) groups excluding carboxylic acids is 2. The number of hydrogen-bond acceptors (Lipinski definition) is 8. The van der Waals surface area contributed by atoms with E-state index in [1.165, 1.54) is 89.9 Å². The van der Waals surface area contributed by atoms with Gasteiger partial charge in [0.1, 0.15) is 12.7 Å². The molecule has 0 aromatic heterocycles. The maximum absolute atomic E-state index is 12.2. The van der Waals surface area contributed by atoms with E-state index in [0.29, 0.717) is 12.8 Å². The minimum atomic E-state index is -4.75. The van der Waals surface area contributed by atoms with Gasteiger partial charge in [0, 0.05) is 12.8 Å². The number of amides is 1. The Morgan fingerprint density at radius 2 is 1.02 bits per heavy atom. The summed E-state index contributed by atoms with van der Waals surface area (Å²) in [7, 11) is -4.75. The van der Waals surface area contributed by atoms with Gasteiger partial charge in [-0.1, -0.05) is 148 Å². The van der Waals surface area contributed by atoms with E-state index in [1.807, 2.05) is 0 Å². The van der Waals surface area contributed by atoms with Gasteiger partial charge in [0.2, 0.25) is 5.91 Å². The van der Waals surface area contributed by atoms with Crippen LogP contribution in [0.4, 0.5) is 0 Å². The van der Waals surface area contributed by atoms with Crippen molar-refractivity contribution in [2.45, 2.75) is 199 Å². The molecule has 0 heterocycles. The molecule has 1 amide bonds. The second kappa shape index (κ2) is 35.3. The van der Waals surface area contributed by atoms with Crippen LogP contribution in [-0.4, -0.2) is 64.9 Å². The molecule has 0 aliphatic carbocycles. The number of aliphatic hydroxyl groups excluding tert-OH is 1. The molecule has 0 saturated heterocycles. The fraction of sp³-hybridized carbons (Fsp3) is 0.872. The van der Waals surface area contributed by atoms with Gasteiger partial charge in [-0.15, -0.1) is 0 Å². The maximum atomic E-state index is 12.2. The summed E-state index contributed by atoms with van der Waals surface area (Å²) in [6.45, 7) is 2.56. The maximum Gasteiger partial charge on any atom is 0.472 e. The van der Waals surface area contributed by atoms with Gasteiger partial charge in [0.15, 0.2) is 6.04 Å². The van der Waals surface area contributed by atoms with Crippen molar-refractivity contribution < 1.29 is 47.8 Å². The number of aliphatic hydroxyl groups is 1. The number of esters is 1. The van der Waals surface area contributed by atoms with Crippen molar-refractivity contribution in [3.05, 3.63) is 12.2 Å². The molecule has 51 heavy (non-hydrogen) atoms. The lowest BCUT2D eigenvalue weighted by molar-refractivity contribution is -0.147. The van der Waals surface area contributed by atoms with Crippen molar-refractivity contribution in [3.8, 4) is 0 Å². The number of ether oxygens (including phenoxy) is 1. The highest BCUT2D eigenvalue weighted by Gasteiger charge is 2.28. The third-order valence-corrected chi connectivity index (χ3v) is 9.76. The zero-order valence-corrected chi connectivity index (χ0v) is 33.1. The molecule has 0 saturated carbocycles. The quantitative estimate of drug-likeness (QED) is 0.0206. The van der Waals surface area contributed by atoms with E-state index in [4.69, 9.17) is 13.8 Å². The molecule has 0 aromatic rings. The Morgan fingerprint density at radius 1 is 0.608 bits per heavy atom. The number of unbranched alkanes of at least 4 members (excludes halogenated alkanes) is 22. The first kappa shape index (κ1) is 49.2. The van der Waals surface area contributed by atoms with Crippen LogP contribution in [0.15, 0.2) is 12.2 Å². The van der Waals surface area contributed by atoms with Crippen LogP contribution in [0.2, 0.25) is 0 Å². The summed E-state index contributed by atoms with van der Waals surface area (Å²) in [5, 5.41) is 21.7. The average Bonchev–Trinajstić information content (AvgIpc) is 3.10. The third-order valence-electron chi connectivity index (χ3n) is 8.80. The van der Waals surface area contributed by atoms with E-state index in [0.717, 1.165) is 57.8 Å². The van der Waals surface area contributed by atoms with Crippen LogP contribution in [0.25, 0.3) is 0 Å². The first-order valence-corrected chi connectivity index (χ1v) is 21.7. The van der Waals surface area contributed by atoms with Crippen LogP contribution in [-0.2, 0) is 32.7 Å². The largest absolute Gasteiger partial charge is 0.480 e. The molecule has 0 aromatic carbocycles. The summed E-state index contributed by atoms with van der Waals surface area (Å²) in [5.74, 6) is -2.38. The van der Waals surface area contributed by atoms with Crippen molar-refractivity contribution >= 4 is 25.7 Å². The number of allylic oxidation sites excluding steroid dienone is 2. The number of aliphatic carboxylic acids is 1. The monoisotopic (exact) mass is 748 g/mol. The number of carboxylic acids is 1. The molecular formula is C39H74NO10P. The fourth-order valence-electron chi connectivity index (χ4n) is 5.60. The number of carbonyl (C=O) groups is 3. The van der Waals surface area contributed by atoms with Gasteiger partial charge in [-0.2, -0.15) is 0 Å². The van der Waals surface area contributed by atoms with Gasteiger partial charge in [-0.3, -0.25) is 18.6 Å². The van der Waals surface area contributed by atoms with Gasteiger partial charge >= 0.3 is 19.8 Å². The lowest BCUT2D eigenvalue weighted by Crippen LogP contribution is -2.43. The number of phosphoric ester groups is 1. The van der Waals surface area contributed by atoms with Crippen LogP contribution in [0, 0.1) is 0 Å². The van der Waals surface area contributed by atoms with Crippen LogP contribution >= 0.6 is 7.82 Å². The highest BCUT2D eigenvalue weighted by atomic mass is 31.2. The molecule has 300 valence electrons. The standard InChI is InChI=1S/C39H74NO10P/c1-3-5-7-9-11-13-15-17-19-21-23-25-27-29-31-38(43)48-32-35(41)33-49-51(46,47)50-34-36(39(44)45)40-37(42)30-28-26-24-22-20-18-16-14-12-10-8-6-4-2/h14,16,35-36,41H,3-13,15,17-34H2,1-2H3,(H,40,42)(H,44,45)(H,46,47)/b16-14-. The number of rotatable bonds is 38. The highest BCUT2D eigenvalue weighted by Crippen LogP contribution is 2.43. The average molecular weight is 748 g/mol. The van der Waals surface area contributed by atoms with E-state index in [2.05, 4.69) is 31.3 Å². The summed E-state index contributed by atoms with van der Waals surface area (Å²) < 4.78 is 26.7. The second-order valence-electron chi connectivity index (χ2n) is 13.8. The van der Waals surface area contributed by atoms with E-state index >= 15 is 0 Å². The summed E-state index contributed by atoms with van der Waals surface area (Å²) in [6.07, 6.45) is 32.4. The van der Waals surface area contributed by atoms with Crippen LogP contribution in [0.1, 0.15) is 187 Å². The summed E-state index contributed by atoms with van der Waals surface area (Å²) in [4.78, 5) is 45.7. The predicted octanol–water partition coefficient (Wildman–Crippen LogP) is 9.72. The summed E-state index contributed by atoms with van der Waals surface area (Å²) in [6, 6.07) is -1.55. The molecule has 0 spiro atoms. The molecule has 0 rings (SSSR count). The molecular weight excluding hydrogens is 673 g/mol. The lowest BCUT2D eigenvalue weighted by Gasteiger charge is -2.18. The molecule has 3 unspecified atom stereocenters. The summed E-state index contributed by atoms with van der Waals surface area (Å²) >= 11 is 0. The van der Waals surface area contributed by atoms with Gasteiger partial charge in [0.05, 0.1) is 13.2 Å². The molecule has 0 aliphatic heterocycles. The van der Waals surface area contributed by atoms with Crippen molar-refractivity contribution in [3.63, 3.8) is 0 Å². The van der Waals surface area contributed by atoms with E-state index in [-0.39, 0.29) is 12.8 Å². The first-order valence-electron chi connectivity index (χ1n) is 20.2. The second-order valence-corrected chi connectivity index (χ2v) is 15.3. The zero-order valence-electron chi connectivity index (χ0n) is 32.2. The Labute approximate surface area is 309 Å². The van der Waals surface area contributed by atoms with Crippen molar-refractivity contribution in [1.29, 1.82) is 0 Å². The molecule has 0 aliphatic rings. The minimum Gasteiger partial charge on any atom is -0.480 e. The Bertz CT molecular complexity index is 932. The van der Waals surface area contributed by atoms with Gasteiger partial charge < -0.3 is 25.2 Å². The van der Waals surface area contributed by atoms with Crippen LogP contribution < -0.4 is 5.32 Å². The van der Waals surface area contributed by atoms with Crippen LogP contribution in [0.3, 0.4) is 0 Å². The number of nitrogens with one attached hydrogen (secondary N) is 1. The molecule has 0 radical (unpaired) electrons. The minimum absolute atomic E-state index is 0.138. The van der Waals surface area contributed by atoms with Gasteiger partial charge in [-0.05, 0) is 38.5 Å². The predicted molar refractivity (Wildman–Crippen MR) is 203 cm³/mol. The fourth-order valence-corrected chi connectivity index (χ4v) is 6.38. The van der Waals surface area contributed by atoms with Gasteiger partial charge in [-0.25, -0.2) is 9.36 Å². The van der Waals surface area contributed by atoms with E-state index in [9.17, 15) is 34.1 Å². The van der Waals surface area contributed by atoms with Crippen LogP contribution in [0.5, 0.6) is 0 Å². The lowest BCUT2D eigenvalue weighted by atomic mass is 10.0. The highest BCUT2D eigenvalue weighted by molar-refractivity contribution is 7.47. The van der Waals surface area contributed by atoms with E-state index < -0.39 is 57.6 Å². The molecule has 0 fully saturated rings. The molecule has 0 bridgehead atoms. The smallest absolute Gasteiger partial charge is 0.472 e. The van der Waals surface area contributed by atoms with E-state index in [1.54, 1.807) is 0 Å². The number of hydrogen-bond donors (Lipinski definition) is 4. The van der Waals surface area contributed by atoms with Crippen molar-refractivity contribution in [2.24, 2.45) is 0 Å². The normalized spacial score (nSPS) is 14.0. The molecule has 4 N–H and O–H groups in total. The van der Waals surface area contributed by atoms with Crippen molar-refractivity contribution in [1.82, 2.24) is 5.32 Å². The molecule has 3 atom stereocenters. The first-order chi connectivity index (χ1) is 24.6. The number of phosphoric acid groups is 1. The van der Waals surface area contributed by atoms with Gasteiger partial charge in [0.25, 0.3) is 0 Å². The Balaban J connectivity index is 3.93. The number of carboxylic acid groups (broad SMARTS) is 1. The SMILES string of the molecule is CCCCCC/C=C\CCCCCCCC(=O)NC(COP(=O)(O)OCC(O)COC(=O)CCCCCCCCCCCCCCCC)C(=O)O. The van der Waals surface area contributed by atoms with Crippen molar-refractivity contribution in [2.75, 3.05) is 19.8 Å². The zero-order chi connectivity index (χ0) is 37.8. The third kappa shape index (κ3) is 35.0. The molecule has 12 heteroatoms. The Kier molecular flexibility index (Phi) is 34.0.